The first-order valence-electron chi connectivity index (χ1n) is 5.31. The second kappa shape index (κ2) is 5.40. The van der Waals surface area contributed by atoms with Crippen LogP contribution in [0, 0.1) is 0 Å². The van der Waals surface area contributed by atoms with Crippen LogP contribution in [0.5, 0.6) is 5.75 Å². The van der Waals surface area contributed by atoms with Gasteiger partial charge >= 0.3 is 6.36 Å². The molecule has 0 heterocycles. The van der Waals surface area contributed by atoms with Crippen LogP contribution in [0.3, 0.4) is 0 Å². The van der Waals surface area contributed by atoms with Crippen molar-refractivity contribution < 1.29 is 23.0 Å². The molecule has 1 N–H and O–H groups in total. The van der Waals surface area contributed by atoms with E-state index in [4.69, 9.17) is 0 Å². The van der Waals surface area contributed by atoms with Crippen molar-refractivity contribution in [1.29, 1.82) is 0 Å². The summed E-state index contributed by atoms with van der Waals surface area (Å²) in [5, 5.41) is 9.23. The van der Waals surface area contributed by atoms with Gasteiger partial charge in [-0.1, -0.05) is 19.1 Å². The molecule has 1 aromatic rings. The van der Waals surface area contributed by atoms with E-state index in [2.05, 4.69) is 4.74 Å². The lowest BCUT2D eigenvalue weighted by Gasteiger charge is -2.15. The maximum Gasteiger partial charge on any atom is 0.573 e. The number of ether oxygens (including phenoxy) is 1. The third kappa shape index (κ3) is 5.08. The molecule has 0 fully saturated rings. The molecule has 2 nitrogen and oxygen atoms in total. The molecule has 1 aromatic carbocycles. The molecule has 0 spiro atoms. The van der Waals surface area contributed by atoms with Gasteiger partial charge in [-0.05, 0) is 37.0 Å². The molecule has 1 rings (SSSR count). The minimum Gasteiger partial charge on any atom is -0.406 e. The van der Waals surface area contributed by atoms with Gasteiger partial charge in [0.1, 0.15) is 5.75 Å². The van der Waals surface area contributed by atoms with E-state index < -0.39 is 12.5 Å². The molecule has 0 saturated carbocycles. The molecular weight excluding hydrogens is 233 g/mol. The molecular formula is C12H15F3O2. The number of aliphatic hydroxyl groups excluding tert-OH is 1. The number of hydrogen-bond acceptors (Lipinski definition) is 2. The predicted octanol–water partition coefficient (Wildman–Crippen LogP) is 3.46. The highest BCUT2D eigenvalue weighted by Crippen LogP contribution is 2.27. The van der Waals surface area contributed by atoms with Crippen molar-refractivity contribution in [3.8, 4) is 5.75 Å². The Balaban J connectivity index is 2.78. The number of rotatable bonds is 4. The van der Waals surface area contributed by atoms with Gasteiger partial charge in [-0.25, -0.2) is 0 Å². The number of benzene rings is 1. The summed E-state index contributed by atoms with van der Waals surface area (Å²) in [6.07, 6.45) is -4.67. The fraction of sp³-hybridized carbons (Fsp3) is 0.500. The average molecular weight is 248 g/mol. The van der Waals surface area contributed by atoms with E-state index in [9.17, 15) is 18.3 Å². The lowest BCUT2D eigenvalue weighted by molar-refractivity contribution is -0.274. The molecule has 5 heteroatoms. The minimum atomic E-state index is -4.67. The fourth-order valence-corrected chi connectivity index (χ4v) is 1.67. The monoisotopic (exact) mass is 248 g/mol. The summed E-state index contributed by atoms with van der Waals surface area (Å²) in [4.78, 5) is 0. The van der Waals surface area contributed by atoms with Crippen LogP contribution in [0.25, 0.3) is 0 Å². The van der Waals surface area contributed by atoms with Gasteiger partial charge in [-0.15, -0.1) is 13.2 Å². The first-order chi connectivity index (χ1) is 7.78. The molecule has 0 saturated heterocycles. The van der Waals surface area contributed by atoms with Gasteiger partial charge in [0.25, 0.3) is 0 Å². The van der Waals surface area contributed by atoms with Gasteiger partial charge in [0, 0.05) is 0 Å². The first-order valence-corrected chi connectivity index (χ1v) is 5.31. The SMILES string of the molecule is CC(O)CC(C)c1cccc(OC(F)(F)F)c1. The van der Waals surface area contributed by atoms with Gasteiger partial charge in [0.2, 0.25) is 0 Å². The molecule has 0 bridgehead atoms. The van der Waals surface area contributed by atoms with Gasteiger partial charge in [0.15, 0.2) is 0 Å². The smallest absolute Gasteiger partial charge is 0.406 e. The van der Waals surface area contributed by atoms with Crippen molar-refractivity contribution in [2.45, 2.75) is 38.7 Å². The normalized spacial score (nSPS) is 15.4. The summed E-state index contributed by atoms with van der Waals surface area (Å²) in [5.74, 6) is -0.251. The highest BCUT2D eigenvalue weighted by molar-refractivity contribution is 5.30. The van der Waals surface area contributed by atoms with Crippen molar-refractivity contribution in [1.82, 2.24) is 0 Å². The Hall–Kier alpha value is -1.23. The van der Waals surface area contributed by atoms with Gasteiger partial charge < -0.3 is 9.84 Å². The summed E-state index contributed by atoms with van der Waals surface area (Å²) < 4.78 is 39.9. The molecule has 0 aliphatic heterocycles. The highest BCUT2D eigenvalue weighted by atomic mass is 19.4. The standard InChI is InChI=1S/C12H15F3O2/c1-8(6-9(2)16)10-4-3-5-11(7-10)17-12(13,14)15/h3-5,7-9,16H,6H2,1-2H3. The van der Waals surface area contributed by atoms with Gasteiger partial charge in [-0.3, -0.25) is 0 Å². The Morgan fingerprint density at radius 3 is 2.47 bits per heavy atom. The van der Waals surface area contributed by atoms with E-state index in [-0.39, 0.29) is 11.7 Å². The van der Waals surface area contributed by atoms with Crippen molar-refractivity contribution in [2.75, 3.05) is 0 Å². The van der Waals surface area contributed by atoms with E-state index >= 15 is 0 Å². The van der Waals surface area contributed by atoms with Crippen LogP contribution >= 0.6 is 0 Å². The molecule has 0 aromatic heterocycles. The molecule has 2 atom stereocenters. The van der Waals surface area contributed by atoms with Crippen LogP contribution in [0.1, 0.15) is 31.7 Å². The fourth-order valence-electron chi connectivity index (χ4n) is 1.67. The zero-order valence-electron chi connectivity index (χ0n) is 9.66. The maximum absolute atomic E-state index is 12.0. The second-order valence-electron chi connectivity index (χ2n) is 4.11. The van der Waals surface area contributed by atoms with Gasteiger partial charge in [0.05, 0.1) is 6.10 Å². The van der Waals surface area contributed by atoms with Crippen LogP contribution in [0.4, 0.5) is 13.2 Å². The van der Waals surface area contributed by atoms with Gasteiger partial charge in [-0.2, -0.15) is 0 Å². The molecule has 96 valence electrons. The van der Waals surface area contributed by atoms with E-state index in [1.807, 2.05) is 6.92 Å². The van der Waals surface area contributed by atoms with Crippen molar-refractivity contribution >= 4 is 0 Å². The summed E-state index contributed by atoms with van der Waals surface area (Å²) in [6.45, 7) is 3.49. The van der Waals surface area contributed by atoms with E-state index in [1.54, 1.807) is 13.0 Å². The Morgan fingerprint density at radius 1 is 1.29 bits per heavy atom. The predicted molar refractivity (Wildman–Crippen MR) is 57.8 cm³/mol. The average Bonchev–Trinajstić information content (AvgIpc) is 2.14. The topological polar surface area (TPSA) is 29.5 Å². The molecule has 17 heavy (non-hydrogen) atoms. The Morgan fingerprint density at radius 2 is 1.94 bits per heavy atom. The molecule has 0 aliphatic rings. The van der Waals surface area contributed by atoms with Crippen LogP contribution in [0.2, 0.25) is 0 Å². The summed E-state index contributed by atoms with van der Waals surface area (Å²) in [5.41, 5.74) is 0.715. The first kappa shape index (κ1) is 13.8. The lowest BCUT2D eigenvalue weighted by Crippen LogP contribution is -2.17. The minimum absolute atomic E-state index is 0.0215. The largest absolute Gasteiger partial charge is 0.573 e. The van der Waals surface area contributed by atoms with Crippen LogP contribution in [-0.4, -0.2) is 17.6 Å². The summed E-state index contributed by atoms with van der Waals surface area (Å²) in [7, 11) is 0. The van der Waals surface area contributed by atoms with E-state index in [1.165, 1.54) is 18.2 Å². The Labute approximate surface area is 98.0 Å². The van der Waals surface area contributed by atoms with Crippen LogP contribution < -0.4 is 4.74 Å². The van der Waals surface area contributed by atoms with Crippen LogP contribution in [-0.2, 0) is 0 Å². The Bertz CT molecular complexity index is 361. The quantitative estimate of drug-likeness (QED) is 0.884. The van der Waals surface area contributed by atoms with Crippen molar-refractivity contribution in [3.05, 3.63) is 29.8 Å². The lowest BCUT2D eigenvalue weighted by atomic mass is 9.95. The zero-order valence-corrected chi connectivity index (χ0v) is 9.66. The molecule has 0 aliphatic carbocycles. The number of alkyl halides is 3. The Kier molecular flexibility index (Phi) is 4.40. The third-order valence-corrected chi connectivity index (χ3v) is 2.36. The number of hydrogen-bond donors (Lipinski definition) is 1. The highest BCUT2D eigenvalue weighted by Gasteiger charge is 2.31. The summed E-state index contributed by atoms with van der Waals surface area (Å²) >= 11 is 0. The van der Waals surface area contributed by atoms with Crippen LogP contribution in [0.15, 0.2) is 24.3 Å². The summed E-state index contributed by atoms with van der Waals surface area (Å²) in [6, 6.07) is 5.83. The second-order valence-corrected chi connectivity index (χ2v) is 4.11. The van der Waals surface area contributed by atoms with E-state index in [0.717, 1.165) is 0 Å². The maximum atomic E-state index is 12.0. The number of aliphatic hydroxyl groups is 1. The molecule has 0 amide bonds. The zero-order chi connectivity index (χ0) is 13.1. The molecule has 0 radical (unpaired) electrons. The third-order valence-electron chi connectivity index (χ3n) is 2.36. The van der Waals surface area contributed by atoms with E-state index in [0.29, 0.717) is 12.0 Å². The van der Waals surface area contributed by atoms with Crippen molar-refractivity contribution in [2.24, 2.45) is 0 Å². The van der Waals surface area contributed by atoms with Crippen molar-refractivity contribution in [3.63, 3.8) is 0 Å². The number of halogens is 3. The molecule has 2 unspecified atom stereocenters.